The van der Waals surface area contributed by atoms with Crippen LogP contribution < -0.4 is 10.1 Å². The Labute approximate surface area is 178 Å². The van der Waals surface area contributed by atoms with E-state index in [0.717, 1.165) is 39.2 Å². The van der Waals surface area contributed by atoms with Crippen LogP contribution in [0.4, 0.5) is 0 Å². The fraction of sp³-hybridized carbons (Fsp3) is 0.208. The summed E-state index contributed by atoms with van der Waals surface area (Å²) in [6.45, 7) is 0. The third kappa shape index (κ3) is 3.70. The van der Waals surface area contributed by atoms with Gasteiger partial charge in [0.05, 0.1) is 30.7 Å². The molecule has 0 radical (unpaired) electrons. The normalized spacial score (nSPS) is 16.5. The molecule has 1 unspecified atom stereocenters. The van der Waals surface area contributed by atoms with Gasteiger partial charge in [0.25, 0.3) is 0 Å². The van der Waals surface area contributed by atoms with Gasteiger partial charge in [-0.25, -0.2) is 4.68 Å². The summed E-state index contributed by atoms with van der Waals surface area (Å²) in [5.74, 6) is -0.0259. The predicted octanol–water partition coefficient (Wildman–Crippen LogP) is 3.74. The lowest BCUT2D eigenvalue weighted by Crippen LogP contribution is -2.39. The Hall–Kier alpha value is -3.87. The summed E-state index contributed by atoms with van der Waals surface area (Å²) in [5, 5.41) is 7.98. The number of rotatable bonds is 5. The Morgan fingerprint density at radius 1 is 1.16 bits per heavy atom. The van der Waals surface area contributed by atoms with Gasteiger partial charge in [0.15, 0.2) is 0 Å². The van der Waals surface area contributed by atoms with Gasteiger partial charge < -0.3 is 9.15 Å². The monoisotopic (exact) mass is 415 g/mol. The van der Waals surface area contributed by atoms with Crippen LogP contribution in [0.5, 0.6) is 5.75 Å². The zero-order valence-electron chi connectivity index (χ0n) is 17.0. The van der Waals surface area contributed by atoms with Gasteiger partial charge in [-0.3, -0.25) is 14.9 Å². The van der Waals surface area contributed by atoms with E-state index >= 15 is 0 Å². The van der Waals surface area contributed by atoms with Crippen LogP contribution in [0.1, 0.15) is 35.6 Å². The minimum Gasteiger partial charge on any atom is -0.497 e. The first-order chi connectivity index (χ1) is 15.1. The molecule has 0 spiro atoms. The van der Waals surface area contributed by atoms with Crippen molar-refractivity contribution in [3.8, 4) is 11.4 Å². The molecule has 1 aliphatic heterocycles. The summed E-state index contributed by atoms with van der Waals surface area (Å²) >= 11 is 0. The van der Waals surface area contributed by atoms with Crippen molar-refractivity contribution >= 4 is 22.8 Å². The molecule has 2 amide bonds. The van der Waals surface area contributed by atoms with E-state index in [4.69, 9.17) is 9.15 Å². The highest BCUT2D eigenvalue weighted by Gasteiger charge is 2.30. The second-order valence-corrected chi connectivity index (χ2v) is 7.65. The maximum absolute atomic E-state index is 12.2. The van der Waals surface area contributed by atoms with Crippen molar-refractivity contribution in [2.24, 2.45) is 0 Å². The van der Waals surface area contributed by atoms with Crippen LogP contribution in [0.15, 0.2) is 65.4 Å². The molecule has 31 heavy (non-hydrogen) atoms. The molecule has 1 aliphatic rings. The van der Waals surface area contributed by atoms with Crippen molar-refractivity contribution in [2.75, 3.05) is 7.11 Å². The lowest BCUT2D eigenvalue weighted by Gasteiger charge is -2.19. The number of imide groups is 1. The second-order valence-electron chi connectivity index (χ2n) is 7.65. The number of hydrogen-bond donors (Lipinski definition) is 1. The van der Waals surface area contributed by atoms with Crippen molar-refractivity contribution in [1.82, 2.24) is 15.1 Å². The van der Waals surface area contributed by atoms with E-state index in [9.17, 15) is 9.59 Å². The molecule has 7 nitrogen and oxygen atoms in total. The number of furan rings is 1. The average molecular weight is 415 g/mol. The van der Waals surface area contributed by atoms with Crippen LogP contribution >= 0.6 is 0 Å². The molecule has 0 aliphatic carbocycles. The van der Waals surface area contributed by atoms with Crippen LogP contribution in [-0.4, -0.2) is 28.7 Å². The first-order valence-electron chi connectivity index (χ1n) is 10.1. The van der Waals surface area contributed by atoms with E-state index in [1.807, 2.05) is 59.4 Å². The highest BCUT2D eigenvalue weighted by molar-refractivity contribution is 6.02. The first-order valence-corrected chi connectivity index (χ1v) is 10.1. The number of nitrogens with zero attached hydrogens (tertiary/aromatic N) is 2. The summed E-state index contributed by atoms with van der Waals surface area (Å²) in [7, 11) is 1.64. The van der Waals surface area contributed by atoms with E-state index in [2.05, 4.69) is 10.4 Å². The van der Waals surface area contributed by atoms with Crippen molar-refractivity contribution in [1.29, 1.82) is 0 Å². The van der Waals surface area contributed by atoms with E-state index in [1.54, 1.807) is 13.4 Å². The van der Waals surface area contributed by atoms with Gasteiger partial charge in [-0.15, -0.1) is 0 Å². The largest absolute Gasteiger partial charge is 0.497 e. The number of nitrogens with one attached hydrogen (secondary N) is 1. The van der Waals surface area contributed by atoms with Gasteiger partial charge >= 0.3 is 0 Å². The minimum atomic E-state index is -0.356. The molecule has 7 heteroatoms. The minimum absolute atomic E-state index is 0.217. The molecular formula is C24H21N3O4. The predicted molar refractivity (Wildman–Crippen MR) is 114 cm³/mol. The summed E-state index contributed by atoms with van der Waals surface area (Å²) in [6.07, 6.45) is 5.08. The maximum atomic E-state index is 12.2. The molecule has 156 valence electrons. The average Bonchev–Trinajstić information content (AvgIpc) is 3.41. The number of carbonyl (C=O) groups is 2. The number of ether oxygens (including phenoxy) is 1. The van der Waals surface area contributed by atoms with E-state index < -0.39 is 0 Å². The fourth-order valence-corrected chi connectivity index (χ4v) is 4.01. The maximum Gasteiger partial charge on any atom is 0.234 e. The molecule has 1 fully saturated rings. The number of hydrogen-bond acceptors (Lipinski definition) is 5. The lowest BCUT2D eigenvalue weighted by atomic mass is 9.90. The number of amides is 2. The van der Waals surface area contributed by atoms with Gasteiger partial charge in [-0.1, -0.05) is 12.1 Å². The van der Waals surface area contributed by atoms with Gasteiger partial charge in [-0.2, -0.15) is 5.10 Å². The Bertz CT molecular complexity index is 1270. The first kappa shape index (κ1) is 19.1. The highest BCUT2D eigenvalue weighted by Crippen LogP contribution is 2.33. The van der Waals surface area contributed by atoms with Gasteiger partial charge in [0, 0.05) is 30.0 Å². The highest BCUT2D eigenvalue weighted by atomic mass is 16.5. The van der Waals surface area contributed by atoms with E-state index in [1.165, 1.54) is 0 Å². The van der Waals surface area contributed by atoms with Crippen LogP contribution in [0.2, 0.25) is 0 Å². The van der Waals surface area contributed by atoms with Crippen LogP contribution in [-0.2, 0) is 16.0 Å². The quantitative estimate of drug-likeness (QED) is 0.502. The number of carbonyl (C=O) groups excluding carboxylic acids is 2. The molecule has 0 saturated carbocycles. The molecule has 0 bridgehead atoms. The Kier molecular flexibility index (Phi) is 4.78. The van der Waals surface area contributed by atoms with Crippen molar-refractivity contribution in [2.45, 2.75) is 25.2 Å². The van der Waals surface area contributed by atoms with Crippen molar-refractivity contribution in [3.05, 3.63) is 77.8 Å². The van der Waals surface area contributed by atoms with Crippen LogP contribution in [0, 0.1) is 0 Å². The number of methoxy groups -OCH3 is 1. The Morgan fingerprint density at radius 3 is 2.77 bits per heavy atom. The van der Waals surface area contributed by atoms with Crippen molar-refractivity contribution in [3.63, 3.8) is 0 Å². The SMILES string of the molecule is COc1ccc(-n2ccc(Cc3ccc4c(C5CCC(=O)NC5=O)coc4c3)n2)cc1. The summed E-state index contributed by atoms with van der Waals surface area (Å²) in [5.41, 5.74) is 4.52. The zero-order valence-corrected chi connectivity index (χ0v) is 17.0. The summed E-state index contributed by atoms with van der Waals surface area (Å²) in [4.78, 5) is 23.6. The summed E-state index contributed by atoms with van der Waals surface area (Å²) in [6, 6.07) is 15.7. The standard InChI is InChI=1S/C24H21N3O4/c1-30-18-5-3-17(4-6-18)27-11-10-16(26-27)12-15-2-7-19-21(14-31-22(19)13-15)20-8-9-23(28)25-24(20)29/h2-7,10-11,13-14,20H,8-9,12H2,1H3,(H,25,28,29). The molecular weight excluding hydrogens is 394 g/mol. The van der Waals surface area contributed by atoms with Gasteiger partial charge in [0.2, 0.25) is 11.8 Å². The Morgan fingerprint density at radius 2 is 2.00 bits per heavy atom. The molecule has 2 aromatic carbocycles. The molecule has 1 saturated heterocycles. The second kappa shape index (κ2) is 7.75. The summed E-state index contributed by atoms with van der Waals surface area (Å²) < 4.78 is 12.8. The smallest absolute Gasteiger partial charge is 0.234 e. The number of fused-ring (bicyclic) bond motifs is 1. The fourth-order valence-electron chi connectivity index (χ4n) is 4.01. The third-order valence-corrected chi connectivity index (χ3v) is 5.65. The molecule has 3 heterocycles. The number of benzene rings is 2. The molecule has 4 aromatic rings. The molecule has 5 rings (SSSR count). The van der Waals surface area contributed by atoms with Gasteiger partial charge in [0.1, 0.15) is 11.3 Å². The lowest BCUT2D eigenvalue weighted by molar-refractivity contribution is -0.134. The molecule has 1 atom stereocenters. The van der Waals surface area contributed by atoms with E-state index in [-0.39, 0.29) is 17.7 Å². The molecule has 1 N–H and O–H groups in total. The third-order valence-electron chi connectivity index (χ3n) is 5.65. The topological polar surface area (TPSA) is 86.4 Å². The van der Waals surface area contributed by atoms with E-state index in [0.29, 0.717) is 19.3 Å². The van der Waals surface area contributed by atoms with Crippen LogP contribution in [0.25, 0.3) is 16.7 Å². The van der Waals surface area contributed by atoms with Crippen molar-refractivity contribution < 1.29 is 18.7 Å². The van der Waals surface area contributed by atoms with Gasteiger partial charge in [-0.05, 0) is 48.4 Å². The van der Waals surface area contributed by atoms with Crippen LogP contribution in [0.3, 0.4) is 0 Å². The number of aromatic nitrogens is 2. The zero-order chi connectivity index (χ0) is 21.4. The molecule has 2 aromatic heterocycles. The Balaban J connectivity index is 1.35. The number of piperidine rings is 1.